The zero-order valence-corrected chi connectivity index (χ0v) is 13.1. The molecule has 1 aromatic carbocycles. The number of alkyl halides is 1. The molecule has 4 heteroatoms. The molecule has 2 saturated carbocycles. The third kappa shape index (κ3) is 2.07. The first kappa shape index (κ1) is 13.1. The van der Waals surface area contributed by atoms with Crippen LogP contribution in [0.1, 0.15) is 32.1 Å². The molecule has 0 aromatic heterocycles. The van der Waals surface area contributed by atoms with Gasteiger partial charge in [0.05, 0.1) is 4.47 Å². The molecule has 2 aliphatic carbocycles. The Labute approximate surface area is 126 Å². The van der Waals surface area contributed by atoms with Crippen LogP contribution in [0.5, 0.6) is 5.75 Å². The summed E-state index contributed by atoms with van der Waals surface area (Å²) in [6.45, 7) is 0. The van der Waals surface area contributed by atoms with Crippen LogP contribution in [0.15, 0.2) is 22.7 Å². The Morgan fingerprint density at radius 2 is 2.00 bits per heavy atom. The summed E-state index contributed by atoms with van der Waals surface area (Å²) in [7, 11) is 0. The largest absolute Gasteiger partial charge is 0.489 e. The first-order valence-corrected chi connectivity index (χ1v) is 7.98. The number of hydrogen-bond acceptors (Lipinski definition) is 1. The summed E-state index contributed by atoms with van der Waals surface area (Å²) in [5.41, 5.74) is 0.223. The van der Waals surface area contributed by atoms with Crippen molar-refractivity contribution in [1.82, 2.24) is 0 Å². The molecule has 18 heavy (non-hydrogen) atoms. The van der Waals surface area contributed by atoms with Crippen LogP contribution in [0.25, 0.3) is 0 Å². The van der Waals surface area contributed by atoms with Crippen LogP contribution in [-0.4, -0.2) is 11.5 Å². The van der Waals surface area contributed by atoms with E-state index >= 15 is 0 Å². The van der Waals surface area contributed by atoms with Gasteiger partial charge in [-0.2, -0.15) is 0 Å². The molecule has 0 saturated heterocycles. The van der Waals surface area contributed by atoms with Crippen molar-refractivity contribution in [2.24, 2.45) is 5.41 Å². The smallest absolute Gasteiger partial charge is 0.134 e. The minimum atomic E-state index is 0.223. The Hall–Kier alpha value is 0.0800. The van der Waals surface area contributed by atoms with Gasteiger partial charge >= 0.3 is 0 Å². The van der Waals surface area contributed by atoms with E-state index in [1.807, 2.05) is 18.2 Å². The second-order valence-electron chi connectivity index (χ2n) is 5.32. The number of benzene rings is 1. The third-order valence-electron chi connectivity index (χ3n) is 4.38. The summed E-state index contributed by atoms with van der Waals surface area (Å²) in [6, 6.07) is 5.66. The van der Waals surface area contributed by atoms with Crippen molar-refractivity contribution in [2.75, 3.05) is 0 Å². The van der Waals surface area contributed by atoms with Crippen LogP contribution in [0.2, 0.25) is 5.02 Å². The monoisotopic (exact) mass is 348 g/mol. The van der Waals surface area contributed by atoms with Gasteiger partial charge in [-0.05, 0) is 47.0 Å². The van der Waals surface area contributed by atoms with E-state index in [1.54, 1.807) is 0 Å². The molecule has 1 spiro atoms. The molecule has 0 radical (unpaired) electrons. The zero-order chi connectivity index (χ0) is 12.8. The van der Waals surface area contributed by atoms with Crippen LogP contribution in [-0.2, 0) is 0 Å². The fraction of sp³-hybridized carbons (Fsp3) is 0.571. The molecule has 2 fully saturated rings. The Bertz CT molecular complexity index is 457. The van der Waals surface area contributed by atoms with Crippen LogP contribution in [0.4, 0.5) is 0 Å². The number of ether oxygens (including phenoxy) is 1. The Morgan fingerprint density at radius 3 is 2.61 bits per heavy atom. The van der Waals surface area contributed by atoms with Crippen molar-refractivity contribution >= 4 is 39.1 Å². The summed E-state index contributed by atoms with van der Waals surface area (Å²) in [5, 5.41) is 1.00. The molecule has 1 aromatic rings. The van der Waals surface area contributed by atoms with E-state index < -0.39 is 0 Å². The third-order valence-corrected chi connectivity index (χ3v) is 5.85. The first-order valence-electron chi connectivity index (χ1n) is 6.37. The lowest BCUT2D eigenvalue weighted by atomic mass is 9.64. The van der Waals surface area contributed by atoms with Gasteiger partial charge in [-0.1, -0.05) is 24.4 Å². The van der Waals surface area contributed by atoms with Crippen molar-refractivity contribution in [2.45, 2.75) is 43.6 Å². The summed E-state index contributed by atoms with van der Waals surface area (Å²) in [4.78, 5) is 0. The van der Waals surface area contributed by atoms with E-state index in [-0.39, 0.29) is 16.9 Å². The lowest BCUT2D eigenvalue weighted by Crippen LogP contribution is -2.55. The van der Waals surface area contributed by atoms with Gasteiger partial charge < -0.3 is 4.74 Å². The molecule has 0 amide bonds. The first-order chi connectivity index (χ1) is 8.62. The molecular formula is C14H15BrCl2O. The van der Waals surface area contributed by atoms with Gasteiger partial charge in [0.2, 0.25) is 0 Å². The SMILES string of the molecule is Clc1ccc(OC2CC(Cl)C23CCCC3)c(Br)c1. The van der Waals surface area contributed by atoms with Gasteiger partial charge in [0.1, 0.15) is 11.9 Å². The highest BCUT2D eigenvalue weighted by Gasteiger charge is 2.57. The molecule has 2 aliphatic rings. The molecule has 2 unspecified atom stereocenters. The van der Waals surface area contributed by atoms with Crippen molar-refractivity contribution in [3.63, 3.8) is 0 Å². The van der Waals surface area contributed by atoms with E-state index in [0.717, 1.165) is 16.6 Å². The van der Waals surface area contributed by atoms with E-state index in [4.69, 9.17) is 27.9 Å². The lowest BCUT2D eigenvalue weighted by molar-refractivity contribution is -0.0359. The zero-order valence-electron chi connectivity index (χ0n) is 9.96. The molecule has 3 rings (SSSR count). The van der Waals surface area contributed by atoms with Gasteiger partial charge in [0.15, 0.2) is 0 Å². The van der Waals surface area contributed by atoms with Crippen LogP contribution >= 0.6 is 39.1 Å². The van der Waals surface area contributed by atoms with Gasteiger partial charge in [-0.3, -0.25) is 0 Å². The number of hydrogen-bond donors (Lipinski definition) is 0. The normalized spacial score (nSPS) is 29.3. The predicted octanol–water partition coefficient (Wildman–Crippen LogP) is 5.42. The quantitative estimate of drug-likeness (QED) is 0.647. The highest BCUT2D eigenvalue weighted by atomic mass is 79.9. The van der Waals surface area contributed by atoms with Crippen LogP contribution < -0.4 is 4.74 Å². The minimum absolute atomic E-state index is 0.223. The molecular weight excluding hydrogens is 335 g/mol. The minimum Gasteiger partial charge on any atom is -0.489 e. The highest BCUT2D eigenvalue weighted by Crippen LogP contribution is 2.57. The van der Waals surface area contributed by atoms with E-state index in [0.29, 0.717) is 5.02 Å². The maximum Gasteiger partial charge on any atom is 0.134 e. The standard InChI is InChI=1S/C14H15BrCl2O/c15-10-7-9(16)3-4-11(10)18-13-8-12(17)14(13)5-1-2-6-14/h3-4,7,12-13H,1-2,5-6,8H2. The second-order valence-corrected chi connectivity index (χ2v) is 7.14. The molecule has 0 N–H and O–H groups in total. The second kappa shape index (κ2) is 4.88. The average Bonchev–Trinajstić information content (AvgIpc) is 2.83. The molecule has 0 bridgehead atoms. The van der Waals surface area contributed by atoms with E-state index in [2.05, 4.69) is 15.9 Å². The van der Waals surface area contributed by atoms with Crippen molar-refractivity contribution in [3.05, 3.63) is 27.7 Å². The number of rotatable bonds is 2. The van der Waals surface area contributed by atoms with Crippen molar-refractivity contribution in [1.29, 1.82) is 0 Å². The molecule has 98 valence electrons. The summed E-state index contributed by atoms with van der Waals surface area (Å²) in [6.07, 6.45) is 6.19. The Balaban J connectivity index is 1.77. The Kier molecular flexibility index (Phi) is 3.55. The summed E-state index contributed by atoms with van der Waals surface area (Å²) < 4.78 is 7.07. The lowest BCUT2D eigenvalue weighted by Gasteiger charge is -2.51. The maximum absolute atomic E-state index is 6.43. The van der Waals surface area contributed by atoms with Crippen LogP contribution in [0.3, 0.4) is 0 Å². The maximum atomic E-state index is 6.43. The van der Waals surface area contributed by atoms with Gasteiger partial charge in [-0.25, -0.2) is 0 Å². The van der Waals surface area contributed by atoms with Gasteiger partial charge in [0.25, 0.3) is 0 Å². The molecule has 1 nitrogen and oxygen atoms in total. The fourth-order valence-corrected chi connectivity index (χ4v) is 4.55. The Morgan fingerprint density at radius 1 is 1.28 bits per heavy atom. The van der Waals surface area contributed by atoms with Crippen molar-refractivity contribution < 1.29 is 4.74 Å². The molecule has 2 atom stereocenters. The average molecular weight is 350 g/mol. The van der Waals surface area contributed by atoms with Crippen molar-refractivity contribution in [3.8, 4) is 5.75 Å². The van der Waals surface area contributed by atoms with Crippen LogP contribution in [0, 0.1) is 5.41 Å². The summed E-state index contributed by atoms with van der Waals surface area (Å²) in [5.74, 6) is 0.874. The van der Waals surface area contributed by atoms with E-state index in [1.165, 1.54) is 25.7 Å². The van der Waals surface area contributed by atoms with E-state index in [9.17, 15) is 0 Å². The molecule has 0 aliphatic heterocycles. The predicted molar refractivity (Wildman–Crippen MR) is 78.7 cm³/mol. The van der Waals surface area contributed by atoms with Gasteiger partial charge in [0, 0.05) is 22.2 Å². The topological polar surface area (TPSA) is 9.23 Å². The fourth-order valence-electron chi connectivity index (χ4n) is 3.26. The number of halogens is 3. The molecule has 0 heterocycles. The summed E-state index contributed by atoms with van der Waals surface area (Å²) >= 11 is 15.9. The van der Waals surface area contributed by atoms with Gasteiger partial charge in [-0.15, -0.1) is 11.6 Å². The highest BCUT2D eigenvalue weighted by molar-refractivity contribution is 9.10.